The molecule has 0 aliphatic carbocycles. The van der Waals surface area contributed by atoms with Crippen molar-refractivity contribution in [3.05, 3.63) is 188 Å². The predicted molar refractivity (Wildman–Crippen MR) is 233 cm³/mol. The number of nitrogens with zero attached hydrogens (tertiary/aromatic N) is 3. The molecule has 0 unspecified atom stereocenters. The molecule has 0 aliphatic heterocycles. The fraction of sp³-hybridized carbons (Fsp3) is 0. The van der Waals surface area contributed by atoms with Gasteiger partial charge in [-0.05, 0) is 75.8 Å². The van der Waals surface area contributed by atoms with Gasteiger partial charge in [0.25, 0.3) is 0 Å². The van der Waals surface area contributed by atoms with Crippen LogP contribution in [0.2, 0.25) is 0 Å². The van der Waals surface area contributed by atoms with E-state index in [-0.39, 0.29) is 0 Å². The number of furan rings is 1. The lowest BCUT2D eigenvalue weighted by Crippen LogP contribution is -1.96. The highest BCUT2D eigenvalue weighted by molar-refractivity contribution is 7.25. The number of para-hydroxylation sites is 1. The van der Waals surface area contributed by atoms with Gasteiger partial charge >= 0.3 is 0 Å². The Labute approximate surface area is 327 Å². The Hall–Kier alpha value is -7.21. The summed E-state index contributed by atoms with van der Waals surface area (Å²) < 4.78 is 8.70. The summed E-state index contributed by atoms with van der Waals surface area (Å²) in [7, 11) is 0. The first-order valence-corrected chi connectivity index (χ1v) is 19.5. The van der Waals surface area contributed by atoms with Crippen molar-refractivity contribution >= 4 is 53.4 Å². The van der Waals surface area contributed by atoms with Gasteiger partial charge in [0, 0.05) is 60.0 Å². The molecule has 0 aliphatic rings. The highest BCUT2D eigenvalue weighted by Gasteiger charge is 2.14. The summed E-state index contributed by atoms with van der Waals surface area (Å²) in [6, 6.07) is 62.0. The van der Waals surface area contributed by atoms with E-state index in [1.165, 1.54) is 31.3 Å². The minimum Gasteiger partial charge on any atom is -0.456 e. The molecular weight excluding hydrogens is 703 g/mol. The second kappa shape index (κ2) is 13.3. The van der Waals surface area contributed by atoms with Gasteiger partial charge in [0.15, 0.2) is 5.82 Å². The van der Waals surface area contributed by atoms with Gasteiger partial charge in [0.2, 0.25) is 0 Å². The van der Waals surface area contributed by atoms with Crippen molar-refractivity contribution in [2.45, 2.75) is 0 Å². The summed E-state index contributed by atoms with van der Waals surface area (Å²) in [5, 5.41) is 4.87. The van der Waals surface area contributed by atoms with Gasteiger partial charge in [-0.3, -0.25) is 4.98 Å². The van der Waals surface area contributed by atoms with Crippen LogP contribution in [0, 0.1) is 0 Å². The molecule has 0 bridgehead atoms. The second-order valence-electron chi connectivity index (χ2n) is 14.1. The number of aromatic nitrogens is 3. The van der Waals surface area contributed by atoms with Gasteiger partial charge < -0.3 is 4.42 Å². The van der Waals surface area contributed by atoms with Crippen LogP contribution in [0.5, 0.6) is 0 Å². The van der Waals surface area contributed by atoms with Crippen molar-refractivity contribution in [3.63, 3.8) is 0 Å². The van der Waals surface area contributed by atoms with Gasteiger partial charge in [-0.25, -0.2) is 9.97 Å². The van der Waals surface area contributed by atoms with Crippen LogP contribution in [0.4, 0.5) is 0 Å². The molecule has 0 amide bonds. The summed E-state index contributed by atoms with van der Waals surface area (Å²) in [6.45, 7) is 0. The first-order chi connectivity index (χ1) is 27.7. The number of pyridine rings is 1. The minimum absolute atomic E-state index is 0.677. The summed E-state index contributed by atoms with van der Waals surface area (Å²) in [5.74, 6) is 0.677. The topological polar surface area (TPSA) is 51.8 Å². The van der Waals surface area contributed by atoms with Gasteiger partial charge in [0.1, 0.15) is 11.2 Å². The molecule has 11 aromatic rings. The fourth-order valence-electron chi connectivity index (χ4n) is 7.70. The van der Waals surface area contributed by atoms with E-state index >= 15 is 0 Å². The maximum atomic E-state index is 6.08. The molecule has 7 aromatic carbocycles. The SMILES string of the molecule is c1cncc(-c2ccc(-c3nc(-c4ccc(-c5ccc6c(c5)sc5ccccc56)cc4)cc(-c4ccc(-c5ccc6oc7ccccc7c6c5)cc4)n3)cc2)c1. The van der Waals surface area contributed by atoms with E-state index < -0.39 is 0 Å². The Bertz CT molecular complexity index is 3220. The number of benzene rings is 7. The Morgan fingerprint density at radius 3 is 1.62 bits per heavy atom. The van der Waals surface area contributed by atoms with E-state index in [4.69, 9.17) is 14.4 Å². The number of hydrogen-bond donors (Lipinski definition) is 0. The Morgan fingerprint density at radius 1 is 0.357 bits per heavy atom. The average Bonchev–Trinajstić information content (AvgIpc) is 3.84. The molecule has 0 saturated heterocycles. The molecule has 5 heteroatoms. The molecule has 0 N–H and O–H groups in total. The third kappa shape index (κ3) is 5.74. The van der Waals surface area contributed by atoms with E-state index in [0.29, 0.717) is 5.82 Å². The summed E-state index contributed by atoms with van der Waals surface area (Å²) >= 11 is 1.85. The van der Waals surface area contributed by atoms with E-state index in [2.05, 4.69) is 163 Å². The zero-order chi connectivity index (χ0) is 37.0. The summed E-state index contributed by atoms with van der Waals surface area (Å²) in [6.07, 6.45) is 3.68. The number of rotatable bonds is 6. The Morgan fingerprint density at radius 2 is 0.911 bits per heavy atom. The molecule has 4 heterocycles. The van der Waals surface area contributed by atoms with Crippen molar-refractivity contribution in [1.82, 2.24) is 15.0 Å². The van der Waals surface area contributed by atoms with Crippen molar-refractivity contribution in [2.75, 3.05) is 0 Å². The maximum absolute atomic E-state index is 6.08. The summed E-state index contributed by atoms with van der Waals surface area (Å²) in [5.41, 5.74) is 13.3. The minimum atomic E-state index is 0.677. The first kappa shape index (κ1) is 32.2. The van der Waals surface area contributed by atoms with Crippen molar-refractivity contribution in [1.29, 1.82) is 0 Å². The molecule has 0 spiro atoms. The molecule has 0 fully saturated rings. The zero-order valence-electron chi connectivity index (χ0n) is 30.1. The lowest BCUT2D eigenvalue weighted by atomic mass is 9.99. The van der Waals surface area contributed by atoms with Gasteiger partial charge in [-0.1, -0.05) is 133 Å². The molecule has 262 valence electrons. The third-order valence-electron chi connectivity index (χ3n) is 10.6. The molecule has 4 aromatic heterocycles. The summed E-state index contributed by atoms with van der Waals surface area (Å²) in [4.78, 5) is 14.6. The Balaban J connectivity index is 0.962. The number of fused-ring (bicyclic) bond motifs is 6. The fourth-order valence-corrected chi connectivity index (χ4v) is 8.84. The molecule has 11 rings (SSSR count). The molecule has 4 nitrogen and oxygen atoms in total. The highest BCUT2D eigenvalue weighted by atomic mass is 32.1. The van der Waals surface area contributed by atoms with Crippen LogP contribution in [0.1, 0.15) is 0 Å². The predicted octanol–water partition coefficient (Wildman–Crippen LogP) is 14.1. The van der Waals surface area contributed by atoms with E-state index in [1.807, 2.05) is 35.7 Å². The second-order valence-corrected chi connectivity index (χ2v) is 15.1. The lowest BCUT2D eigenvalue weighted by Gasteiger charge is -2.11. The Kier molecular flexibility index (Phi) is 7.64. The van der Waals surface area contributed by atoms with E-state index in [0.717, 1.165) is 72.3 Å². The maximum Gasteiger partial charge on any atom is 0.160 e. The van der Waals surface area contributed by atoms with Crippen LogP contribution in [0.3, 0.4) is 0 Å². The van der Waals surface area contributed by atoms with Crippen LogP contribution >= 0.6 is 11.3 Å². The molecule has 0 saturated carbocycles. The highest BCUT2D eigenvalue weighted by Crippen LogP contribution is 2.38. The zero-order valence-corrected chi connectivity index (χ0v) is 30.9. The third-order valence-corrected chi connectivity index (χ3v) is 11.8. The van der Waals surface area contributed by atoms with Crippen molar-refractivity contribution in [2.24, 2.45) is 0 Å². The lowest BCUT2D eigenvalue weighted by molar-refractivity contribution is 0.669. The number of thiophene rings is 1. The van der Waals surface area contributed by atoms with Crippen LogP contribution in [-0.2, 0) is 0 Å². The van der Waals surface area contributed by atoms with Gasteiger partial charge in [-0.2, -0.15) is 0 Å². The normalized spacial score (nSPS) is 11.6. The standard InChI is InChI=1S/C51H31N3OS/c1-3-9-47-41(7-1)44-28-38(24-26-48(44)55-47)32-11-17-35(18-12-32)45-30-46(54-51(53-45)37-21-15-34(16-22-37)40-6-5-27-52-31-40)36-19-13-33(14-20-36)39-23-25-43-42-8-2-4-10-49(42)56-50(43)29-39/h1-31H. The molecule has 0 atom stereocenters. The smallest absolute Gasteiger partial charge is 0.160 e. The quantitative estimate of drug-likeness (QED) is 0.171. The van der Waals surface area contributed by atoms with Crippen LogP contribution in [0.15, 0.2) is 193 Å². The van der Waals surface area contributed by atoms with Crippen LogP contribution < -0.4 is 0 Å². The van der Waals surface area contributed by atoms with Crippen molar-refractivity contribution in [3.8, 4) is 67.3 Å². The van der Waals surface area contributed by atoms with Crippen molar-refractivity contribution < 1.29 is 4.42 Å². The van der Waals surface area contributed by atoms with E-state index in [9.17, 15) is 0 Å². The van der Waals surface area contributed by atoms with Crippen LogP contribution in [-0.4, -0.2) is 15.0 Å². The molecule has 0 radical (unpaired) electrons. The largest absolute Gasteiger partial charge is 0.456 e. The monoisotopic (exact) mass is 733 g/mol. The van der Waals surface area contributed by atoms with Gasteiger partial charge in [0.05, 0.1) is 11.4 Å². The van der Waals surface area contributed by atoms with Crippen LogP contribution in [0.25, 0.3) is 109 Å². The average molecular weight is 734 g/mol. The number of hydrogen-bond acceptors (Lipinski definition) is 5. The van der Waals surface area contributed by atoms with E-state index in [1.54, 1.807) is 6.20 Å². The molecular formula is C51H31N3OS. The van der Waals surface area contributed by atoms with Gasteiger partial charge in [-0.15, -0.1) is 11.3 Å². The molecule has 56 heavy (non-hydrogen) atoms. The first-order valence-electron chi connectivity index (χ1n) is 18.6.